The van der Waals surface area contributed by atoms with Crippen LogP contribution in [0.15, 0.2) is 18.2 Å². The quantitative estimate of drug-likeness (QED) is 0.605. The van der Waals surface area contributed by atoms with Gasteiger partial charge in [0, 0.05) is 10.7 Å². The number of halogens is 2. The van der Waals surface area contributed by atoms with Gasteiger partial charge in [0.15, 0.2) is 0 Å². The Bertz CT molecular complexity index is 375. The highest BCUT2D eigenvalue weighted by Crippen LogP contribution is 2.18. The molecule has 0 saturated carbocycles. The molecule has 16 heavy (non-hydrogen) atoms. The average Bonchev–Trinajstić information content (AvgIpc) is 2.27. The lowest BCUT2D eigenvalue weighted by Gasteiger charge is -2.11. The molecule has 4 heteroatoms. The first-order chi connectivity index (χ1) is 7.58. The molecule has 0 fully saturated rings. The van der Waals surface area contributed by atoms with Crippen LogP contribution in [-0.2, 0) is 15.4 Å². The molecule has 0 aliphatic heterocycles. The third-order valence-electron chi connectivity index (χ3n) is 2.04. The molecule has 0 amide bonds. The molecular weight excluding hydrogens is 336 g/mol. The average molecular weight is 350 g/mol. The van der Waals surface area contributed by atoms with Crippen molar-refractivity contribution in [2.24, 2.45) is 0 Å². The first kappa shape index (κ1) is 13.7. The third-order valence-corrected chi connectivity index (χ3v) is 3.29. The molecule has 0 radical (unpaired) electrons. The number of benzene rings is 1. The van der Waals surface area contributed by atoms with Crippen LogP contribution in [0.2, 0.25) is 0 Å². The van der Waals surface area contributed by atoms with Crippen LogP contribution in [0.5, 0.6) is 0 Å². The fourth-order valence-corrected chi connectivity index (χ4v) is 2.13. The van der Waals surface area contributed by atoms with Gasteiger partial charge in [0.2, 0.25) is 0 Å². The van der Waals surface area contributed by atoms with Crippen molar-refractivity contribution in [3.63, 3.8) is 0 Å². The fourth-order valence-electron chi connectivity index (χ4n) is 1.29. The molecule has 0 N–H and O–H groups in total. The minimum atomic E-state index is -0.257. The minimum Gasteiger partial charge on any atom is -0.459 e. The second-order valence-corrected chi connectivity index (χ2v) is 4.83. The molecule has 0 bridgehead atoms. The maximum Gasteiger partial charge on any atom is 0.338 e. The molecule has 2 nitrogen and oxygen atoms in total. The zero-order chi connectivity index (χ0) is 12.1. The van der Waals surface area contributed by atoms with Crippen LogP contribution >= 0.6 is 31.9 Å². The largest absolute Gasteiger partial charge is 0.459 e. The molecule has 0 aliphatic carbocycles. The van der Waals surface area contributed by atoms with E-state index in [0.29, 0.717) is 10.9 Å². The summed E-state index contributed by atoms with van der Waals surface area (Å²) in [6.45, 7) is 3.69. The molecule has 0 spiro atoms. The molecule has 0 aromatic heterocycles. The Balaban J connectivity index is 3.03. The van der Waals surface area contributed by atoms with Crippen molar-refractivity contribution >= 4 is 37.8 Å². The lowest BCUT2D eigenvalue weighted by molar-refractivity contribution is 0.0377. The first-order valence-electron chi connectivity index (χ1n) is 5.03. The lowest BCUT2D eigenvalue weighted by Crippen LogP contribution is -2.13. The van der Waals surface area contributed by atoms with Gasteiger partial charge in [-0.25, -0.2) is 4.79 Å². The summed E-state index contributed by atoms with van der Waals surface area (Å²) in [7, 11) is 0. The number of esters is 1. The number of alkyl halides is 2. The number of carbonyl (C=O) groups excluding carboxylic acids is 1. The Hall–Kier alpha value is -0.350. The molecule has 0 saturated heterocycles. The SMILES string of the molecule is CC(C)OC(=O)c1cc(CBr)ccc1CBr. The van der Waals surface area contributed by atoms with Gasteiger partial charge in [-0.15, -0.1) is 0 Å². The predicted octanol–water partition coefficient (Wildman–Crippen LogP) is 4.04. The van der Waals surface area contributed by atoms with E-state index in [9.17, 15) is 4.79 Å². The van der Waals surface area contributed by atoms with Crippen LogP contribution in [0, 0.1) is 0 Å². The van der Waals surface area contributed by atoms with Gasteiger partial charge in [0.1, 0.15) is 0 Å². The van der Waals surface area contributed by atoms with Crippen molar-refractivity contribution in [2.45, 2.75) is 30.6 Å². The summed E-state index contributed by atoms with van der Waals surface area (Å²) in [6, 6.07) is 5.82. The summed E-state index contributed by atoms with van der Waals surface area (Å²) in [6.07, 6.45) is -0.0942. The maximum atomic E-state index is 11.8. The summed E-state index contributed by atoms with van der Waals surface area (Å²) < 4.78 is 5.20. The van der Waals surface area contributed by atoms with Crippen molar-refractivity contribution in [1.82, 2.24) is 0 Å². The molecule has 1 rings (SSSR count). The highest BCUT2D eigenvalue weighted by Gasteiger charge is 2.14. The topological polar surface area (TPSA) is 26.3 Å². The van der Waals surface area contributed by atoms with Crippen LogP contribution in [-0.4, -0.2) is 12.1 Å². The molecule has 88 valence electrons. The molecule has 1 aromatic carbocycles. The number of ether oxygens (including phenoxy) is 1. The van der Waals surface area contributed by atoms with Gasteiger partial charge in [-0.3, -0.25) is 0 Å². The summed E-state index contributed by atoms with van der Waals surface area (Å²) in [4.78, 5) is 11.8. The second kappa shape index (κ2) is 6.40. The summed E-state index contributed by atoms with van der Waals surface area (Å²) in [5.74, 6) is -0.257. The monoisotopic (exact) mass is 348 g/mol. The summed E-state index contributed by atoms with van der Waals surface area (Å²) in [5, 5.41) is 1.38. The van der Waals surface area contributed by atoms with Crippen molar-refractivity contribution < 1.29 is 9.53 Å². The molecule has 1 aromatic rings. The van der Waals surface area contributed by atoms with Gasteiger partial charge in [-0.2, -0.15) is 0 Å². The van der Waals surface area contributed by atoms with E-state index >= 15 is 0 Å². The summed E-state index contributed by atoms with van der Waals surface area (Å²) >= 11 is 6.74. The highest BCUT2D eigenvalue weighted by molar-refractivity contribution is 9.08. The van der Waals surface area contributed by atoms with Crippen LogP contribution < -0.4 is 0 Å². The van der Waals surface area contributed by atoms with Gasteiger partial charge in [-0.1, -0.05) is 44.0 Å². The fraction of sp³-hybridized carbons (Fsp3) is 0.417. The van der Waals surface area contributed by atoms with Crippen molar-refractivity contribution in [1.29, 1.82) is 0 Å². The second-order valence-electron chi connectivity index (χ2n) is 3.71. The van der Waals surface area contributed by atoms with E-state index in [0.717, 1.165) is 16.5 Å². The zero-order valence-corrected chi connectivity index (χ0v) is 12.5. The lowest BCUT2D eigenvalue weighted by atomic mass is 10.1. The van der Waals surface area contributed by atoms with Gasteiger partial charge in [-0.05, 0) is 31.0 Å². The highest BCUT2D eigenvalue weighted by atomic mass is 79.9. The number of carbonyl (C=O) groups is 1. The zero-order valence-electron chi connectivity index (χ0n) is 9.30. The van der Waals surface area contributed by atoms with E-state index in [1.54, 1.807) is 0 Å². The van der Waals surface area contributed by atoms with Crippen molar-refractivity contribution in [3.8, 4) is 0 Å². The van der Waals surface area contributed by atoms with E-state index in [2.05, 4.69) is 31.9 Å². The smallest absolute Gasteiger partial charge is 0.338 e. The van der Waals surface area contributed by atoms with Gasteiger partial charge >= 0.3 is 5.97 Å². The van der Waals surface area contributed by atoms with Crippen molar-refractivity contribution in [2.75, 3.05) is 0 Å². The van der Waals surface area contributed by atoms with Crippen LogP contribution in [0.1, 0.15) is 35.3 Å². The third kappa shape index (κ3) is 3.59. The molecule has 0 aliphatic rings. The standard InChI is InChI=1S/C12H14Br2O2/c1-8(2)16-12(15)11-5-9(6-13)3-4-10(11)7-14/h3-5,8H,6-7H2,1-2H3. The molecular formula is C12H14Br2O2. The Kier molecular flexibility index (Phi) is 5.49. The van der Waals surface area contributed by atoms with Gasteiger partial charge in [0.05, 0.1) is 11.7 Å². The Morgan fingerprint density at radius 2 is 2.00 bits per heavy atom. The number of rotatable bonds is 4. The molecule has 0 atom stereocenters. The molecule has 0 heterocycles. The van der Waals surface area contributed by atoms with Gasteiger partial charge < -0.3 is 4.74 Å². The summed E-state index contributed by atoms with van der Waals surface area (Å²) in [5.41, 5.74) is 2.67. The van der Waals surface area contributed by atoms with E-state index in [4.69, 9.17) is 4.74 Å². The van der Waals surface area contributed by atoms with E-state index in [-0.39, 0.29) is 12.1 Å². The van der Waals surface area contributed by atoms with E-state index in [1.807, 2.05) is 32.0 Å². The van der Waals surface area contributed by atoms with Gasteiger partial charge in [0.25, 0.3) is 0 Å². The maximum absolute atomic E-state index is 11.8. The number of hydrogen-bond acceptors (Lipinski definition) is 2. The number of hydrogen-bond donors (Lipinski definition) is 0. The first-order valence-corrected chi connectivity index (χ1v) is 7.27. The van der Waals surface area contributed by atoms with E-state index in [1.165, 1.54) is 0 Å². The Morgan fingerprint density at radius 1 is 1.31 bits per heavy atom. The minimum absolute atomic E-state index is 0.0942. The predicted molar refractivity (Wildman–Crippen MR) is 72.3 cm³/mol. The van der Waals surface area contributed by atoms with Crippen LogP contribution in [0.4, 0.5) is 0 Å². The van der Waals surface area contributed by atoms with Crippen molar-refractivity contribution in [3.05, 3.63) is 34.9 Å². The Labute approximate surface area is 113 Å². The normalized spacial score (nSPS) is 10.6. The van der Waals surface area contributed by atoms with E-state index < -0.39 is 0 Å². The molecule has 0 unspecified atom stereocenters. The van der Waals surface area contributed by atoms with Crippen LogP contribution in [0.25, 0.3) is 0 Å². The Morgan fingerprint density at radius 3 is 2.50 bits per heavy atom. The van der Waals surface area contributed by atoms with Crippen LogP contribution in [0.3, 0.4) is 0 Å².